The lowest BCUT2D eigenvalue weighted by Crippen LogP contribution is -2.27. The van der Waals surface area contributed by atoms with Crippen LogP contribution in [0.1, 0.15) is 34.3 Å². The molecule has 0 bridgehead atoms. The smallest absolute Gasteiger partial charge is 0.252 e. The molecule has 1 fully saturated rings. The van der Waals surface area contributed by atoms with Gasteiger partial charge in [0, 0.05) is 19.6 Å². The standard InChI is InChI=1S/C21H25ClN2O/c1-16-7-8-20(22)19(13-16)21(25)23-11-9-18-10-12-24(15-18)14-17-5-3-2-4-6-17/h2-8,13,18H,9-12,14-15H2,1H3,(H,23,25)/t18-/m1/s1. The van der Waals surface area contributed by atoms with Crippen LogP contribution in [0, 0.1) is 12.8 Å². The number of benzene rings is 2. The lowest BCUT2D eigenvalue weighted by atomic mass is 10.0. The Balaban J connectivity index is 1.42. The van der Waals surface area contributed by atoms with Crippen LogP contribution in [-0.2, 0) is 6.54 Å². The van der Waals surface area contributed by atoms with Gasteiger partial charge in [0.2, 0.25) is 0 Å². The fourth-order valence-electron chi connectivity index (χ4n) is 3.43. The molecule has 3 rings (SSSR count). The number of carbonyl (C=O) groups is 1. The Morgan fingerprint density at radius 3 is 2.84 bits per heavy atom. The summed E-state index contributed by atoms with van der Waals surface area (Å²) in [6.45, 7) is 5.93. The van der Waals surface area contributed by atoms with Gasteiger partial charge in [0.1, 0.15) is 0 Å². The Hall–Kier alpha value is -1.84. The SMILES string of the molecule is Cc1ccc(Cl)c(C(=O)NCC[C@@H]2CCN(Cc3ccccc3)C2)c1. The normalized spacial score (nSPS) is 17.6. The van der Waals surface area contributed by atoms with Gasteiger partial charge in [-0.25, -0.2) is 0 Å². The summed E-state index contributed by atoms with van der Waals surface area (Å²) in [5.74, 6) is 0.574. The zero-order chi connectivity index (χ0) is 17.6. The minimum Gasteiger partial charge on any atom is -0.352 e. The number of aryl methyl sites for hydroxylation is 1. The molecule has 2 aromatic rings. The van der Waals surface area contributed by atoms with Crippen molar-refractivity contribution in [2.24, 2.45) is 5.92 Å². The maximum atomic E-state index is 12.3. The number of rotatable bonds is 6. The highest BCUT2D eigenvalue weighted by molar-refractivity contribution is 6.33. The quantitative estimate of drug-likeness (QED) is 0.837. The third-order valence-corrected chi connectivity index (χ3v) is 5.15. The van der Waals surface area contributed by atoms with Crippen LogP contribution in [0.25, 0.3) is 0 Å². The Labute approximate surface area is 155 Å². The van der Waals surface area contributed by atoms with Crippen molar-refractivity contribution in [1.29, 1.82) is 0 Å². The van der Waals surface area contributed by atoms with Gasteiger partial charge < -0.3 is 5.32 Å². The fraction of sp³-hybridized carbons (Fsp3) is 0.381. The van der Waals surface area contributed by atoms with E-state index in [4.69, 9.17) is 11.6 Å². The van der Waals surface area contributed by atoms with Crippen molar-refractivity contribution in [3.05, 3.63) is 70.2 Å². The van der Waals surface area contributed by atoms with E-state index in [0.29, 0.717) is 23.0 Å². The molecule has 4 heteroatoms. The molecule has 1 atom stereocenters. The van der Waals surface area contributed by atoms with Gasteiger partial charge in [-0.3, -0.25) is 9.69 Å². The molecule has 0 radical (unpaired) electrons. The number of carbonyl (C=O) groups excluding carboxylic acids is 1. The summed E-state index contributed by atoms with van der Waals surface area (Å²) in [7, 11) is 0. The average molecular weight is 357 g/mol. The summed E-state index contributed by atoms with van der Waals surface area (Å²) in [6.07, 6.45) is 2.22. The summed E-state index contributed by atoms with van der Waals surface area (Å²) in [4.78, 5) is 14.8. The van der Waals surface area contributed by atoms with Crippen LogP contribution in [0.4, 0.5) is 0 Å². The number of amides is 1. The van der Waals surface area contributed by atoms with Crippen molar-refractivity contribution in [3.63, 3.8) is 0 Å². The minimum atomic E-state index is -0.0761. The van der Waals surface area contributed by atoms with E-state index in [9.17, 15) is 4.79 Å². The molecular formula is C21H25ClN2O. The van der Waals surface area contributed by atoms with Crippen LogP contribution in [-0.4, -0.2) is 30.4 Å². The minimum absolute atomic E-state index is 0.0761. The summed E-state index contributed by atoms with van der Waals surface area (Å²) in [5, 5.41) is 3.53. The molecular weight excluding hydrogens is 332 g/mol. The van der Waals surface area contributed by atoms with E-state index < -0.39 is 0 Å². The Bertz CT molecular complexity index is 717. The van der Waals surface area contributed by atoms with E-state index in [-0.39, 0.29) is 5.91 Å². The van der Waals surface area contributed by atoms with Crippen LogP contribution in [0.15, 0.2) is 48.5 Å². The molecule has 0 spiro atoms. The van der Waals surface area contributed by atoms with E-state index in [1.807, 2.05) is 19.1 Å². The van der Waals surface area contributed by atoms with Crippen LogP contribution >= 0.6 is 11.6 Å². The summed E-state index contributed by atoms with van der Waals surface area (Å²) < 4.78 is 0. The molecule has 3 nitrogen and oxygen atoms in total. The molecule has 0 unspecified atom stereocenters. The fourth-order valence-corrected chi connectivity index (χ4v) is 3.64. The maximum Gasteiger partial charge on any atom is 0.252 e. The summed E-state index contributed by atoms with van der Waals surface area (Å²) in [5.41, 5.74) is 2.98. The van der Waals surface area contributed by atoms with Crippen molar-refractivity contribution in [1.82, 2.24) is 10.2 Å². The first-order valence-corrected chi connectivity index (χ1v) is 9.30. The van der Waals surface area contributed by atoms with Crippen molar-refractivity contribution >= 4 is 17.5 Å². The molecule has 0 saturated carbocycles. The topological polar surface area (TPSA) is 32.3 Å². The molecule has 132 valence electrons. The molecule has 0 aromatic heterocycles. The third kappa shape index (κ3) is 5.07. The molecule has 1 amide bonds. The lowest BCUT2D eigenvalue weighted by Gasteiger charge is -2.16. The zero-order valence-electron chi connectivity index (χ0n) is 14.7. The van der Waals surface area contributed by atoms with Gasteiger partial charge in [0.15, 0.2) is 0 Å². The predicted molar refractivity (Wildman–Crippen MR) is 103 cm³/mol. The Morgan fingerprint density at radius 2 is 2.04 bits per heavy atom. The van der Waals surface area contributed by atoms with Gasteiger partial charge in [-0.2, -0.15) is 0 Å². The van der Waals surface area contributed by atoms with Gasteiger partial charge >= 0.3 is 0 Å². The van der Waals surface area contributed by atoms with Crippen molar-refractivity contribution < 1.29 is 4.79 Å². The Kier molecular flexibility index (Phi) is 6.11. The molecule has 1 saturated heterocycles. The van der Waals surface area contributed by atoms with E-state index >= 15 is 0 Å². The highest BCUT2D eigenvalue weighted by atomic mass is 35.5. The maximum absolute atomic E-state index is 12.3. The van der Waals surface area contributed by atoms with Crippen molar-refractivity contribution in [2.75, 3.05) is 19.6 Å². The van der Waals surface area contributed by atoms with Gasteiger partial charge in [0.25, 0.3) is 5.91 Å². The third-order valence-electron chi connectivity index (χ3n) is 4.82. The number of hydrogen-bond donors (Lipinski definition) is 1. The first-order chi connectivity index (χ1) is 12.1. The van der Waals surface area contributed by atoms with E-state index in [1.165, 1.54) is 12.0 Å². The Morgan fingerprint density at radius 1 is 1.24 bits per heavy atom. The molecule has 1 N–H and O–H groups in total. The second-order valence-corrected chi connectivity index (χ2v) is 7.31. The highest BCUT2D eigenvalue weighted by Gasteiger charge is 2.22. The highest BCUT2D eigenvalue weighted by Crippen LogP contribution is 2.21. The largest absolute Gasteiger partial charge is 0.352 e. The molecule has 0 aliphatic carbocycles. The van der Waals surface area contributed by atoms with E-state index in [0.717, 1.165) is 31.6 Å². The van der Waals surface area contributed by atoms with Crippen LogP contribution < -0.4 is 5.32 Å². The number of halogens is 1. The van der Waals surface area contributed by atoms with E-state index in [1.54, 1.807) is 6.07 Å². The van der Waals surface area contributed by atoms with E-state index in [2.05, 4.69) is 40.5 Å². The molecule has 1 aliphatic heterocycles. The molecule has 1 aliphatic rings. The monoisotopic (exact) mass is 356 g/mol. The average Bonchev–Trinajstić information content (AvgIpc) is 3.05. The van der Waals surface area contributed by atoms with Gasteiger partial charge in [0.05, 0.1) is 10.6 Å². The van der Waals surface area contributed by atoms with Crippen LogP contribution in [0.3, 0.4) is 0 Å². The second kappa shape index (κ2) is 8.50. The summed E-state index contributed by atoms with van der Waals surface area (Å²) >= 11 is 6.13. The number of nitrogens with one attached hydrogen (secondary N) is 1. The number of nitrogens with zero attached hydrogens (tertiary/aromatic N) is 1. The molecule has 2 aromatic carbocycles. The number of likely N-dealkylation sites (tertiary alicyclic amines) is 1. The lowest BCUT2D eigenvalue weighted by molar-refractivity contribution is 0.0951. The van der Waals surface area contributed by atoms with Crippen LogP contribution in [0.2, 0.25) is 5.02 Å². The molecule has 1 heterocycles. The van der Waals surface area contributed by atoms with Crippen LogP contribution in [0.5, 0.6) is 0 Å². The van der Waals surface area contributed by atoms with Crippen molar-refractivity contribution in [2.45, 2.75) is 26.3 Å². The molecule has 25 heavy (non-hydrogen) atoms. The first kappa shape index (κ1) is 18.0. The number of hydrogen-bond acceptors (Lipinski definition) is 2. The van der Waals surface area contributed by atoms with Gasteiger partial charge in [-0.15, -0.1) is 0 Å². The van der Waals surface area contributed by atoms with Gasteiger partial charge in [-0.1, -0.05) is 53.6 Å². The first-order valence-electron chi connectivity index (χ1n) is 8.92. The van der Waals surface area contributed by atoms with Gasteiger partial charge in [-0.05, 0) is 49.9 Å². The second-order valence-electron chi connectivity index (χ2n) is 6.90. The van der Waals surface area contributed by atoms with Crippen molar-refractivity contribution in [3.8, 4) is 0 Å². The predicted octanol–water partition coefficient (Wildman–Crippen LogP) is 4.29. The zero-order valence-corrected chi connectivity index (χ0v) is 15.4. The summed E-state index contributed by atoms with van der Waals surface area (Å²) in [6, 6.07) is 16.1.